The van der Waals surface area contributed by atoms with Gasteiger partial charge in [0.15, 0.2) is 0 Å². The summed E-state index contributed by atoms with van der Waals surface area (Å²) in [5.74, 6) is -1.14. The Balaban J connectivity index is 1.48. The Morgan fingerprint density at radius 3 is 2.04 bits per heavy atom. The van der Waals surface area contributed by atoms with Gasteiger partial charge in [-0.25, -0.2) is 0 Å². The number of carbonyl (C=O) groups excluding carboxylic acids is 3. The fraction of sp³-hybridized carbons (Fsp3) is 0.171. The lowest BCUT2D eigenvalue weighted by molar-refractivity contribution is -0.137. The van der Waals surface area contributed by atoms with E-state index in [0.717, 1.165) is 23.3 Å². The first-order chi connectivity index (χ1) is 21.4. The molecule has 0 aliphatic carbocycles. The molecule has 0 aliphatic heterocycles. The topological polar surface area (TPSA) is 87.3 Å². The Bertz CT molecular complexity index is 1690. The molecule has 1 atom stereocenters. The summed E-state index contributed by atoms with van der Waals surface area (Å²) in [5, 5.41) is 7.38. The fourth-order valence-electron chi connectivity index (χ4n) is 4.21. The highest BCUT2D eigenvalue weighted by atomic mass is 32.2. The van der Waals surface area contributed by atoms with Crippen LogP contribution in [0.1, 0.15) is 53.7 Å². The average molecular weight is 632 g/mol. The number of alkyl halides is 3. The highest BCUT2D eigenvalue weighted by Crippen LogP contribution is 2.31. The number of thioether (sulfide) groups is 1. The molecular formula is C35H32F3N3O3S. The van der Waals surface area contributed by atoms with Crippen LogP contribution < -0.4 is 16.0 Å². The third kappa shape index (κ3) is 9.58. The molecule has 0 saturated carbocycles. The van der Waals surface area contributed by atoms with E-state index in [1.807, 2.05) is 24.3 Å². The SMILES string of the molecule is CC(Sc1cccc(NC(=O)/C(=C\c2ccc(C(C)C)cc2)NC(=O)c2ccccc2)c1)C(=O)Nc1cccc(C(F)(F)F)c1. The van der Waals surface area contributed by atoms with E-state index in [1.165, 1.54) is 23.9 Å². The summed E-state index contributed by atoms with van der Waals surface area (Å²) in [4.78, 5) is 39.8. The Kier molecular flexibility index (Phi) is 10.9. The van der Waals surface area contributed by atoms with Crippen LogP contribution in [0.4, 0.5) is 24.5 Å². The van der Waals surface area contributed by atoms with Gasteiger partial charge in [-0.3, -0.25) is 14.4 Å². The molecule has 6 nitrogen and oxygen atoms in total. The van der Waals surface area contributed by atoms with Crippen LogP contribution in [0.3, 0.4) is 0 Å². The number of carbonyl (C=O) groups is 3. The Morgan fingerprint density at radius 1 is 0.756 bits per heavy atom. The highest BCUT2D eigenvalue weighted by Gasteiger charge is 2.30. The maximum absolute atomic E-state index is 13.5. The van der Waals surface area contributed by atoms with Gasteiger partial charge in [0.25, 0.3) is 11.8 Å². The van der Waals surface area contributed by atoms with Crippen LogP contribution >= 0.6 is 11.8 Å². The largest absolute Gasteiger partial charge is 0.416 e. The summed E-state index contributed by atoms with van der Waals surface area (Å²) >= 11 is 1.17. The number of nitrogens with one attached hydrogen (secondary N) is 3. The Hall–Kier alpha value is -4.83. The van der Waals surface area contributed by atoms with Crippen LogP contribution in [0.25, 0.3) is 6.08 Å². The molecule has 0 spiro atoms. The first-order valence-electron chi connectivity index (χ1n) is 14.1. The Labute approximate surface area is 264 Å². The summed E-state index contributed by atoms with van der Waals surface area (Å²) in [6.07, 6.45) is -2.93. The van der Waals surface area contributed by atoms with Crippen LogP contribution in [0, 0.1) is 0 Å². The molecule has 4 aromatic rings. The standard InChI is InChI=1S/C35H32F3N3O3S/c1-22(2)25-17-15-24(16-18-25)19-31(41-33(43)26-9-5-4-6-10-26)34(44)40-29-13-8-14-30(21-29)45-23(3)32(42)39-28-12-7-11-27(20-28)35(36,37)38/h4-23H,1-3H3,(H,39,42)(H,40,44)(H,41,43)/b31-19+. The van der Waals surface area contributed by atoms with Crippen molar-refractivity contribution in [1.29, 1.82) is 0 Å². The first-order valence-corrected chi connectivity index (χ1v) is 15.0. The number of anilines is 2. The van der Waals surface area contributed by atoms with Crippen molar-refractivity contribution in [2.75, 3.05) is 10.6 Å². The summed E-state index contributed by atoms with van der Waals surface area (Å²) < 4.78 is 39.1. The van der Waals surface area contributed by atoms with Crippen LogP contribution in [0.15, 0.2) is 114 Å². The summed E-state index contributed by atoms with van der Waals surface area (Å²) in [5.41, 5.74) is 1.89. The van der Waals surface area contributed by atoms with Crippen molar-refractivity contribution < 1.29 is 27.6 Å². The van der Waals surface area contributed by atoms with Crippen molar-refractivity contribution in [2.45, 2.75) is 43.0 Å². The minimum Gasteiger partial charge on any atom is -0.325 e. The van der Waals surface area contributed by atoms with Crippen LogP contribution in [-0.4, -0.2) is 23.0 Å². The van der Waals surface area contributed by atoms with Crippen molar-refractivity contribution in [3.63, 3.8) is 0 Å². The molecule has 232 valence electrons. The lowest BCUT2D eigenvalue weighted by Crippen LogP contribution is -2.30. The number of rotatable bonds is 10. The number of halogens is 3. The smallest absolute Gasteiger partial charge is 0.325 e. The quantitative estimate of drug-likeness (QED) is 0.121. The number of hydrogen-bond acceptors (Lipinski definition) is 4. The van der Waals surface area contributed by atoms with E-state index in [1.54, 1.807) is 67.6 Å². The molecule has 3 N–H and O–H groups in total. The number of benzene rings is 4. The minimum atomic E-state index is -4.52. The van der Waals surface area contributed by atoms with E-state index in [9.17, 15) is 27.6 Å². The maximum atomic E-state index is 13.5. The van der Waals surface area contributed by atoms with E-state index in [2.05, 4.69) is 29.8 Å². The third-order valence-corrected chi connectivity index (χ3v) is 7.77. The lowest BCUT2D eigenvalue weighted by Gasteiger charge is -2.15. The molecule has 3 amide bonds. The molecule has 4 aromatic carbocycles. The van der Waals surface area contributed by atoms with Crippen molar-refractivity contribution in [3.8, 4) is 0 Å². The van der Waals surface area contributed by atoms with Gasteiger partial charge in [0.05, 0.1) is 10.8 Å². The van der Waals surface area contributed by atoms with Gasteiger partial charge in [-0.15, -0.1) is 11.8 Å². The number of amides is 3. The molecule has 0 aliphatic rings. The monoisotopic (exact) mass is 631 g/mol. The van der Waals surface area contributed by atoms with Gasteiger partial charge < -0.3 is 16.0 Å². The molecule has 0 aromatic heterocycles. The highest BCUT2D eigenvalue weighted by molar-refractivity contribution is 8.00. The lowest BCUT2D eigenvalue weighted by atomic mass is 10.0. The van der Waals surface area contributed by atoms with Gasteiger partial charge >= 0.3 is 6.18 Å². The molecule has 45 heavy (non-hydrogen) atoms. The molecule has 10 heteroatoms. The van der Waals surface area contributed by atoms with Crippen LogP contribution in [0.5, 0.6) is 0 Å². The first kappa shape index (κ1) is 33.1. The Morgan fingerprint density at radius 2 is 1.40 bits per heavy atom. The van der Waals surface area contributed by atoms with E-state index in [-0.39, 0.29) is 11.4 Å². The second-order valence-corrected chi connectivity index (χ2v) is 11.9. The second-order valence-electron chi connectivity index (χ2n) is 10.5. The minimum absolute atomic E-state index is 0.0352. The van der Waals surface area contributed by atoms with Crippen LogP contribution in [-0.2, 0) is 15.8 Å². The zero-order valence-corrected chi connectivity index (χ0v) is 25.6. The zero-order chi connectivity index (χ0) is 32.6. The average Bonchev–Trinajstić information content (AvgIpc) is 3.01. The van der Waals surface area contributed by atoms with E-state index < -0.39 is 34.7 Å². The third-order valence-electron chi connectivity index (χ3n) is 6.67. The molecule has 0 saturated heterocycles. The molecule has 0 radical (unpaired) electrons. The molecule has 0 bridgehead atoms. The van der Waals surface area contributed by atoms with Gasteiger partial charge in [-0.05, 0) is 78.6 Å². The van der Waals surface area contributed by atoms with Gasteiger partial charge in [-0.2, -0.15) is 13.2 Å². The van der Waals surface area contributed by atoms with E-state index >= 15 is 0 Å². The second kappa shape index (κ2) is 14.8. The van der Waals surface area contributed by atoms with Crippen molar-refractivity contribution >= 4 is 46.9 Å². The zero-order valence-electron chi connectivity index (χ0n) is 24.8. The summed E-state index contributed by atoms with van der Waals surface area (Å²) in [7, 11) is 0. The van der Waals surface area contributed by atoms with E-state index in [4.69, 9.17) is 0 Å². The fourth-order valence-corrected chi connectivity index (χ4v) is 5.13. The van der Waals surface area contributed by atoms with Gasteiger partial charge in [-0.1, -0.05) is 68.4 Å². The molecule has 4 rings (SSSR count). The molecule has 0 fully saturated rings. The normalized spacial score (nSPS) is 12.4. The van der Waals surface area contributed by atoms with Crippen molar-refractivity contribution in [3.05, 3.63) is 131 Å². The van der Waals surface area contributed by atoms with Crippen molar-refractivity contribution in [1.82, 2.24) is 5.32 Å². The predicted octanol–water partition coefficient (Wildman–Crippen LogP) is 8.36. The van der Waals surface area contributed by atoms with Gasteiger partial charge in [0.2, 0.25) is 5.91 Å². The predicted molar refractivity (Wildman–Crippen MR) is 173 cm³/mol. The van der Waals surface area contributed by atoms with Crippen molar-refractivity contribution in [2.24, 2.45) is 0 Å². The van der Waals surface area contributed by atoms with Gasteiger partial charge in [0, 0.05) is 21.8 Å². The molecule has 0 heterocycles. The summed E-state index contributed by atoms with van der Waals surface area (Å²) in [6.45, 7) is 5.79. The van der Waals surface area contributed by atoms with Crippen LogP contribution in [0.2, 0.25) is 0 Å². The summed E-state index contributed by atoms with van der Waals surface area (Å²) in [6, 6.07) is 27.5. The van der Waals surface area contributed by atoms with Gasteiger partial charge in [0.1, 0.15) is 5.70 Å². The van der Waals surface area contributed by atoms with E-state index in [0.29, 0.717) is 22.1 Å². The maximum Gasteiger partial charge on any atom is 0.416 e. The number of hydrogen-bond donors (Lipinski definition) is 3. The molecule has 1 unspecified atom stereocenters. The molecular weight excluding hydrogens is 599 g/mol.